The number of carbonyl (C=O) groups is 2. The predicted octanol–water partition coefficient (Wildman–Crippen LogP) is 5.08. The Morgan fingerprint density at radius 1 is 0.762 bits per heavy atom. The van der Waals surface area contributed by atoms with E-state index >= 15 is 0 Å². The first-order chi connectivity index (χ1) is 9.88. The van der Waals surface area contributed by atoms with Crippen molar-refractivity contribution in [2.75, 3.05) is 0 Å². The van der Waals surface area contributed by atoms with Crippen LogP contribution in [0.5, 0.6) is 0 Å². The van der Waals surface area contributed by atoms with Crippen LogP contribution >= 0.6 is 11.3 Å². The van der Waals surface area contributed by atoms with E-state index in [2.05, 4.69) is 12.1 Å². The average molecular weight is 296 g/mol. The smallest absolute Gasteiger partial charge is 0.160 e. The molecule has 0 N–H and O–H groups in total. The number of ketones is 2. The molecule has 1 aromatic heterocycles. The zero-order valence-electron chi connectivity index (χ0n) is 12.5. The van der Waals surface area contributed by atoms with Gasteiger partial charge in [-0.15, -0.1) is 11.3 Å². The minimum absolute atomic E-state index is 0.0765. The molecule has 0 fully saturated rings. The summed E-state index contributed by atoms with van der Waals surface area (Å²) in [5, 5.41) is 2.13. The van der Waals surface area contributed by atoms with Crippen molar-refractivity contribution in [3.8, 4) is 0 Å². The van der Waals surface area contributed by atoms with Crippen molar-refractivity contribution in [1.82, 2.24) is 0 Å². The molecular formula is C18H16O2S. The number of fused-ring (bicyclic) bond motifs is 3. The fourth-order valence-corrected chi connectivity index (χ4v) is 4.10. The van der Waals surface area contributed by atoms with Crippen molar-refractivity contribution in [1.29, 1.82) is 0 Å². The standard InChI is InChI=1S/C18H16O2S/c1-9-5-17-15(7-13(9)11(3)19)16-8-14(12(4)20)10(2)6-18(16)21-17/h5-8H,1-4H3. The van der Waals surface area contributed by atoms with Gasteiger partial charge in [0.2, 0.25) is 0 Å². The lowest BCUT2D eigenvalue weighted by atomic mass is 9.99. The van der Waals surface area contributed by atoms with Crippen LogP contribution in [0.2, 0.25) is 0 Å². The zero-order valence-corrected chi connectivity index (χ0v) is 13.4. The summed E-state index contributed by atoms with van der Waals surface area (Å²) in [6.45, 7) is 7.11. The minimum Gasteiger partial charge on any atom is -0.295 e. The molecule has 0 amide bonds. The Hall–Kier alpha value is -2.00. The van der Waals surface area contributed by atoms with Crippen LogP contribution in [0.25, 0.3) is 20.2 Å². The van der Waals surface area contributed by atoms with Crippen LogP contribution in [-0.2, 0) is 0 Å². The van der Waals surface area contributed by atoms with Gasteiger partial charge in [-0.05, 0) is 63.1 Å². The Labute approximate surface area is 127 Å². The molecule has 0 aliphatic heterocycles. The van der Waals surface area contributed by atoms with E-state index in [1.54, 1.807) is 25.2 Å². The number of hydrogen-bond donors (Lipinski definition) is 0. The van der Waals surface area contributed by atoms with E-state index < -0.39 is 0 Å². The monoisotopic (exact) mass is 296 g/mol. The summed E-state index contributed by atoms with van der Waals surface area (Å²) >= 11 is 1.71. The molecule has 1 heterocycles. The van der Waals surface area contributed by atoms with E-state index in [4.69, 9.17) is 0 Å². The normalized spacial score (nSPS) is 11.2. The molecule has 0 aliphatic carbocycles. The largest absolute Gasteiger partial charge is 0.295 e. The maximum Gasteiger partial charge on any atom is 0.160 e. The summed E-state index contributed by atoms with van der Waals surface area (Å²) in [4.78, 5) is 23.5. The third kappa shape index (κ3) is 2.18. The van der Waals surface area contributed by atoms with Crippen LogP contribution < -0.4 is 0 Å². The Morgan fingerprint density at radius 3 is 1.48 bits per heavy atom. The third-order valence-corrected chi connectivity index (χ3v) is 5.04. The fourth-order valence-electron chi connectivity index (χ4n) is 2.83. The van der Waals surface area contributed by atoms with Crippen molar-refractivity contribution in [2.24, 2.45) is 0 Å². The number of rotatable bonds is 2. The first kappa shape index (κ1) is 14.0. The summed E-state index contributed by atoms with van der Waals surface area (Å²) < 4.78 is 2.32. The van der Waals surface area contributed by atoms with E-state index in [1.165, 1.54) is 0 Å². The van der Waals surface area contributed by atoms with Crippen LogP contribution in [0, 0.1) is 13.8 Å². The van der Waals surface area contributed by atoms with Crippen LogP contribution in [0.3, 0.4) is 0 Å². The number of carbonyl (C=O) groups excluding carboxylic acids is 2. The summed E-state index contributed by atoms with van der Waals surface area (Å²) in [5.74, 6) is 0.153. The van der Waals surface area contributed by atoms with Gasteiger partial charge in [-0.3, -0.25) is 9.59 Å². The summed E-state index contributed by atoms with van der Waals surface area (Å²) in [6.07, 6.45) is 0. The molecule has 0 spiro atoms. The second kappa shape index (κ2) is 4.78. The molecule has 2 aromatic carbocycles. The molecule has 2 nitrogen and oxygen atoms in total. The highest BCUT2D eigenvalue weighted by atomic mass is 32.1. The highest BCUT2D eigenvalue weighted by Crippen LogP contribution is 2.37. The molecule has 0 aliphatic rings. The Bertz CT molecular complexity index is 842. The lowest BCUT2D eigenvalue weighted by Crippen LogP contribution is -1.96. The highest BCUT2D eigenvalue weighted by molar-refractivity contribution is 7.25. The number of Topliss-reactive ketones (excluding diaryl/α,β-unsaturated/α-hetero) is 2. The summed E-state index contributed by atoms with van der Waals surface area (Å²) in [6, 6.07) is 8.06. The number of aryl methyl sites for hydroxylation is 2. The average Bonchev–Trinajstić information content (AvgIpc) is 2.71. The lowest BCUT2D eigenvalue weighted by molar-refractivity contribution is 0.100. The molecule has 3 rings (SSSR count). The van der Waals surface area contributed by atoms with Gasteiger partial charge in [-0.1, -0.05) is 0 Å². The van der Waals surface area contributed by atoms with E-state index in [-0.39, 0.29) is 11.6 Å². The van der Waals surface area contributed by atoms with Crippen LogP contribution in [0.15, 0.2) is 24.3 Å². The quantitative estimate of drug-likeness (QED) is 0.618. The third-order valence-electron chi connectivity index (χ3n) is 3.92. The van der Waals surface area contributed by atoms with Gasteiger partial charge in [0.1, 0.15) is 0 Å². The molecule has 0 saturated heterocycles. The molecule has 0 bridgehead atoms. The van der Waals surface area contributed by atoms with Gasteiger partial charge in [0, 0.05) is 31.3 Å². The SMILES string of the molecule is CC(=O)c1cc2c(cc1C)sc1cc(C)c(C(C)=O)cc12. The lowest BCUT2D eigenvalue weighted by Gasteiger charge is -2.04. The molecule has 0 radical (unpaired) electrons. The van der Waals surface area contributed by atoms with Crippen LogP contribution in [0.1, 0.15) is 45.7 Å². The molecule has 106 valence electrons. The number of hydrogen-bond acceptors (Lipinski definition) is 3. The molecular weight excluding hydrogens is 280 g/mol. The van der Waals surface area contributed by atoms with Gasteiger partial charge in [-0.2, -0.15) is 0 Å². The first-order valence-electron chi connectivity index (χ1n) is 6.88. The molecule has 0 saturated carbocycles. The van der Waals surface area contributed by atoms with Crippen LogP contribution in [-0.4, -0.2) is 11.6 Å². The van der Waals surface area contributed by atoms with Crippen molar-refractivity contribution >= 4 is 43.1 Å². The van der Waals surface area contributed by atoms with Crippen molar-refractivity contribution < 1.29 is 9.59 Å². The second-order valence-corrected chi connectivity index (χ2v) is 6.62. The van der Waals surface area contributed by atoms with Crippen molar-refractivity contribution in [2.45, 2.75) is 27.7 Å². The van der Waals surface area contributed by atoms with Gasteiger partial charge in [0.05, 0.1) is 0 Å². The van der Waals surface area contributed by atoms with E-state index in [0.717, 1.165) is 42.4 Å². The highest BCUT2D eigenvalue weighted by Gasteiger charge is 2.13. The van der Waals surface area contributed by atoms with E-state index in [0.29, 0.717) is 0 Å². The Morgan fingerprint density at radius 2 is 1.14 bits per heavy atom. The van der Waals surface area contributed by atoms with Gasteiger partial charge in [0.25, 0.3) is 0 Å². The van der Waals surface area contributed by atoms with Gasteiger partial charge in [-0.25, -0.2) is 0 Å². The Kier molecular flexibility index (Phi) is 3.18. The predicted molar refractivity (Wildman–Crippen MR) is 88.8 cm³/mol. The molecule has 21 heavy (non-hydrogen) atoms. The molecule has 0 atom stereocenters. The minimum atomic E-state index is 0.0765. The maximum atomic E-state index is 11.7. The second-order valence-electron chi connectivity index (χ2n) is 5.54. The van der Waals surface area contributed by atoms with Gasteiger partial charge >= 0.3 is 0 Å². The van der Waals surface area contributed by atoms with E-state index in [9.17, 15) is 9.59 Å². The number of benzene rings is 2. The first-order valence-corrected chi connectivity index (χ1v) is 7.69. The van der Waals surface area contributed by atoms with Gasteiger partial charge < -0.3 is 0 Å². The summed E-state index contributed by atoms with van der Waals surface area (Å²) in [7, 11) is 0. The van der Waals surface area contributed by atoms with Crippen LogP contribution in [0.4, 0.5) is 0 Å². The number of thiophene rings is 1. The topological polar surface area (TPSA) is 34.1 Å². The zero-order chi connectivity index (χ0) is 15.3. The molecule has 3 aromatic rings. The Balaban J connectivity index is 2.44. The maximum absolute atomic E-state index is 11.7. The molecule has 0 unspecified atom stereocenters. The van der Waals surface area contributed by atoms with Crippen molar-refractivity contribution in [3.63, 3.8) is 0 Å². The van der Waals surface area contributed by atoms with Crippen molar-refractivity contribution in [3.05, 3.63) is 46.5 Å². The molecule has 3 heteroatoms. The van der Waals surface area contributed by atoms with E-state index in [1.807, 2.05) is 26.0 Å². The summed E-state index contributed by atoms with van der Waals surface area (Å²) in [5.41, 5.74) is 3.52. The fraction of sp³-hybridized carbons (Fsp3) is 0.222. The van der Waals surface area contributed by atoms with Gasteiger partial charge in [0.15, 0.2) is 11.6 Å².